The number of cyclic esters (lactones) is 1. The molecule has 5 rings (SSSR count). The van der Waals surface area contributed by atoms with Crippen LogP contribution < -0.4 is 0 Å². The van der Waals surface area contributed by atoms with Gasteiger partial charge in [0.2, 0.25) is 0 Å². The molecule has 31 heavy (non-hydrogen) atoms. The molecule has 0 bridgehead atoms. The molecular formula is C26H30O5. The zero-order valence-corrected chi connectivity index (χ0v) is 18.9. The highest BCUT2D eigenvalue weighted by atomic mass is 16.5. The summed E-state index contributed by atoms with van der Waals surface area (Å²) in [7, 11) is 0. The predicted octanol–water partition coefficient (Wildman–Crippen LogP) is 4.99. The first-order valence-corrected chi connectivity index (χ1v) is 11.2. The standard InChI is InChI=1S/C26H30O5/c1-23(2)17-12-20(28)26(5)16(24(17,3)10-7-19(23)27)6-9-25(4)18(26)13-21(29)31-22(25)15-8-11-30-14-15/h7-8,10-11,13-14,16-17,22H,6,9,12H2,1-5H3/t16-,17-,22+,24-,25+,26+/m1/s1. The van der Waals surface area contributed by atoms with E-state index < -0.39 is 28.3 Å². The number of esters is 1. The molecule has 0 spiro atoms. The lowest BCUT2D eigenvalue weighted by Crippen LogP contribution is -2.63. The maximum absolute atomic E-state index is 13.9. The highest BCUT2D eigenvalue weighted by Crippen LogP contribution is 2.70. The van der Waals surface area contributed by atoms with Crippen LogP contribution in [0.4, 0.5) is 0 Å². The molecule has 2 saturated carbocycles. The molecule has 0 saturated heterocycles. The van der Waals surface area contributed by atoms with Crippen molar-refractivity contribution in [1.82, 2.24) is 0 Å². The molecule has 6 atom stereocenters. The molecule has 3 aliphatic carbocycles. The molecule has 4 aliphatic rings. The normalized spacial score (nSPS) is 43.5. The van der Waals surface area contributed by atoms with Crippen LogP contribution >= 0.6 is 0 Å². The lowest BCUT2D eigenvalue weighted by atomic mass is 9.38. The number of hydrogen-bond donors (Lipinski definition) is 0. The Hall–Kier alpha value is -2.43. The Labute approximate surface area is 182 Å². The van der Waals surface area contributed by atoms with Crippen LogP contribution in [-0.4, -0.2) is 17.5 Å². The van der Waals surface area contributed by atoms with Crippen molar-refractivity contribution in [2.75, 3.05) is 0 Å². The largest absolute Gasteiger partial charge is 0.472 e. The fourth-order valence-corrected chi connectivity index (χ4v) is 7.54. The monoisotopic (exact) mass is 422 g/mol. The Kier molecular flexibility index (Phi) is 4.02. The topological polar surface area (TPSA) is 73.6 Å². The fourth-order valence-electron chi connectivity index (χ4n) is 7.54. The van der Waals surface area contributed by atoms with E-state index in [1.54, 1.807) is 24.7 Å². The Bertz CT molecular complexity index is 1040. The SMILES string of the molecule is CC1(C)C(=O)C=C[C@@]2(C)[C@@H]1CC(=O)[C@]1(C)C3=CC(=O)O[C@@H](c4ccoc4)[C@@]3(C)CC[C@@H]12. The summed E-state index contributed by atoms with van der Waals surface area (Å²) >= 11 is 0. The lowest BCUT2D eigenvalue weighted by Gasteiger charge is -2.64. The van der Waals surface area contributed by atoms with Crippen molar-refractivity contribution in [3.63, 3.8) is 0 Å². The van der Waals surface area contributed by atoms with Crippen LogP contribution in [0.2, 0.25) is 0 Å². The quantitative estimate of drug-likeness (QED) is 0.596. The van der Waals surface area contributed by atoms with Crippen molar-refractivity contribution in [3.8, 4) is 0 Å². The van der Waals surface area contributed by atoms with Gasteiger partial charge in [-0.3, -0.25) is 9.59 Å². The van der Waals surface area contributed by atoms with Gasteiger partial charge in [-0.15, -0.1) is 0 Å². The molecule has 0 unspecified atom stereocenters. The van der Waals surface area contributed by atoms with Gasteiger partial charge in [-0.05, 0) is 54.7 Å². The average Bonchev–Trinajstić information content (AvgIpc) is 3.23. The molecule has 1 aromatic heterocycles. The molecule has 164 valence electrons. The van der Waals surface area contributed by atoms with Gasteiger partial charge in [-0.1, -0.05) is 33.8 Å². The van der Waals surface area contributed by atoms with Crippen LogP contribution in [0.3, 0.4) is 0 Å². The summed E-state index contributed by atoms with van der Waals surface area (Å²) in [5.41, 5.74) is -0.437. The molecule has 0 radical (unpaired) electrons. The number of fused-ring (bicyclic) bond motifs is 5. The van der Waals surface area contributed by atoms with Gasteiger partial charge < -0.3 is 9.15 Å². The summed E-state index contributed by atoms with van der Waals surface area (Å²) < 4.78 is 11.1. The highest BCUT2D eigenvalue weighted by molar-refractivity contribution is 5.99. The van der Waals surface area contributed by atoms with Crippen LogP contribution in [-0.2, 0) is 19.1 Å². The molecular weight excluding hydrogens is 392 g/mol. The predicted molar refractivity (Wildman–Crippen MR) is 114 cm³/mol. The summed E-state index contributed by atoms with van der Waals surface area (Å²) in [4.78, 5) is 39.3. The number of hydrogen-bond acceptors (Lipinski definition) is 5. The fraction of sp³-hybridized carbons (Fsp3) is 0.577. The van der Waals surface area contributed by atoms with Crippen LogP contribution in [0, 0.1) is 33.5 Å². The summed E-state index contributed by atoms with van der Waals surface area (Å²) in [5, 5.41) is 0. The van der Waals surface area contributed by atoms with Gasteiger partial charge in [-0.2, -0.15) is 0 Å². The molecule has 5 nitrogen and oxygen atoms in total. The number of ketones is 2. The molecule has 5 heteroatoms. The van der Waals surface area contributed by atoms with E-state index in [1.807, 2.05) is 26.8 Å². The van der Waals surface area contributed by atoms with E-state index in [9.17, 15) is 14.4 Å². The van der Waals surface area contributed by atoms with E-state index in [2.05, 4.69) is 19.9 Å². The second-order valence-corrected chi connectivity index (χ2v) is 11.1. The zero-order valence-electron chi connectivity index (χ0n) is 18.9. The van der Waals surface area contributed by atoms with Gasteiger partial charge in [0.05, 0.1) is 17.9 Å². The average molecular weight is 423 g/mol. The second-order valence-electron chi connectivity index (χ2n) is 11.1. The Morgan fingerprint density at radius 1 is 1.03 bits per heavy atom. The van der Waals surface area contributed by atoms with Crippen molar-refractivity contribution < 1.29 is 23.5 Å². The first-order chi connectivity index (χ1) is 14.5. The lowest BCUT2D eigenvalue weighted by molar-refractivity contribution is -0.168. The van der Waals surface area contributed by atoms with E-state index in [1.165, 1.54) is 0 Å². The van der Waals surface area contributed by atoms with Crippen molar-refractivity contribution in [3.05, 3.63) is 48.0 Å². The number of ether oxygens (including phenoxy) is 1. The summed E-state index contributed by atoms with van der Waals surface area (Å²) in [6.45, 7) is 10.3. The molecule has 0 amide bonds. The number of Topliss-reactive ketones (excluding diaryl/α,β-unsaturated/α-hetero) is 1. The van der Waals surface area contributed by atoms with Crippen molar-refractivity contribution in [1.29, 1.82) is 0 Å². The second kappa shape index (κ2) is 6.08. The summed E-state index contributed by atoms with van der Waals surface area (Å²) in [6, 6.07) is 1.83. The van der Waals surface area contributed by atoms with Gasteiger partial charge in [0.25, 0.3) is 0 Å². The minimum absolute atomic E-state index is 0.0186. The summed E-state index contributed by atoms with van der Waals surface area (Å²) in [5.74, 6) is -0.213. The van der Waals surface area contributed by atoms with Gasteiger partial charge in [0.1, 0.15) is 11.9 Å². The zero-order chi connectivity index (χ0) is 22.4. The molecule has 1 aromatic rings. The molecule has 2 heterocycles. The number of carbonyl (C=O) groups is 3. The van der Waals surface area contributed by atoms with E-state index in [0.717, 1.165) is 24.0 Å². The molecule has 1 aliphatic heterocycles. The van der Waals surface area contributed by atoms with Gasteiger partial charge >= 0.3 is 5.97 Å². The first-order valence-electron chi connectivity index (χ1n) is 11.2. The van der Waals surface area contributed by atoms with Crippen LogP contribution in [0.5, 0.6) is 0 Å². The minimum atomic E-state index is -0.777. The third-order valence-corrected chi connectivity index (χ3v) is 9.32. The number of allylic oxidation sites excluding steroid dienone is 2. The van der Waals surface area contributed by atoms with E-state index in [4.69, 9.17) is 9.15 Å². The number of furan rings is 1. The van der Waals surface area contributed by atoms with Crippen molar-refractivity contribution in [2.24, 2.45) is 33.5 Å². The maximum atomic E-state index is 13.9. The van der Waals surface area contributed by atoms with E-state index in [0.29, 0.717) is 6.42 Å². The first kappa shape index (κ1) is 20.5. The maximum Gasteiger partial charge on any atom is 0.331 e. The minimum Gasteiger partial charge on any atom is -0.472 e. The summed E-state index contributed by atoms with van der Waals surface area (Å²) in [6.07, 6.45) is 10.0. The van der Waals surface area contributed by atoms with Crippen molar-refractivity contribution >= 4 is 17.5 Å². The Morgan fingerprint density at radius 3 is 2.45 bits per heavy atom. The molecule has 2 fully saturated rings. The molecule has 0 N–H and O–H groups in total. The number of rotatable bonds is 1. The van der Waals surface area contributed by atoms with E-state index >= 15 is 0 Å². The third kappa shape index (κ3) is 2.41. The van der Waals surface area contributed by atoms with Gasteiger partial charge in [-0.25, -0.2) is 4.79 Å². The van der Waals surface area contributed by atoms with Crippen LogP contribution in [0.15, 0.2) is 46.8 Å². The Morgan fingerprint density at radius 2 is 1.77 bits per heavy atom. The van der Waals surface area contributed by atoms with Crippen molar-refractivity contribution in [2.45, 2.75) is 60.0 Å². The van der Waals surface area contributed by atoms with E-state index in [-0.39, 0.29) is 28.8 Å². The number of carbonyl (C=O) groups excluding carboxylic acids is 3. The van der Waals surface area contributed by atoms with Gasteiger partial charge in [0, 0.05) is 28.9 Å². The van der Waals surface area contributed by atoms with Gasteiger partial charge in [0.15, 0.2) is 5.78 Å². The molecule has 0 aromatic carbocycles. The highest BCUT2D eigenvalue weighted by Gasteiger charge is 2.68. The Balaban J connectivity index is 1.67. The van der Waals surface area contributed by atoms with Crippen LogP contribution in [0.25, 0.3) is 0 Å². The smallest absolute Gasteiger partial charge is 0.331 e. The third-order valence-electron chi connectivity index (χ3n) is 9.32. The van der Waals surface area contributed by atoms with Crippen LogP contribution in [0.1, 0.15) is 65.5 Å².